The molecule has 1 heterocycles. The van der Waals surface area contributed by atoms with Crippen LogP contribution >= 0.6 is 23.8 Å². The van der Waals surface area contributed by atoms with Gasteiger partial charge in [0.1, 0.15) is 0 Å². The summed E-state index contributed by atoms with van der Waals surface area (Å²) in [5.41, 5.74) is -1.63. The molecule has 0 amide bonds. The van der Waals surface area contributed by atoms with Gasteiger partial charge in [0.25, 0.3) is 5.56 Å². The first-order chi connectivity index (χ1) is 10.8. The van der Waals surface area contributed by atoms with Crippen molar-refractivity contribution in [3.8, 4) is 5.69 Å². The third-order valence-corrected chi connectivity index (χ3v) is 3.94. The maximum absolute atomic E-state index is 13.1. The molecule has 0 radical (unpaired) electrons. The van der Waals surface area contributed by atoms with Crippen LogP contribution < -0.4 is 5.56 Å². The van der Waals surface area contributed by atoms with Crippen LogP contribution in [-0.4, -0.2) is 9.55 Å². The molecule has 0 aliphatic rings. The van der Waals surface area contributed by atoms with Crippen molar-refractivity contribution in [1.82, 2.24) is 9.55 Å². The highest BCUT2D eigenvalue weighted by Crippen LogP contribution is 2.33. The minimum Gasteiger partial charge on any atom is -0.331 e. The molecule has 23 heavy (non-hydrogen) atoms. The summed E-state index contributed by atoms with van der Waals surface area (Å²) < 4.78 is 40.2. The number of fused-ring (bicyclic) bond motifs is 1. The number of para-hydroxylation sites is 2. The average Bonchev–Trinajstić information content (AvgIpc) is 2.47. The lowest BCUT2D eigenvalue weighted by Crippen LogP contribution is -2.22. The first-order valence-corrected chi connectivity index (χ1v) is 7.19. The van der Waals surface area contributed by atoms with Gasteiger partial charge in [-0.15, -0.1) is 0 Å². The summed E-state index contributed by atoms with van der Waals surface area (Å²) in [5.74, 6) is 0. The summed E-state index contributed by atoms with van der Waals surface area (Å²) in [6.45, 7) is 0. The molecule has 0 bridgehead atoms. The van der Waals surface area contributed by atoms with E-state index in [2.05, 4.69) is 4.98 Å². The number of halogens is 4. The molecule has 8 heteroatoms. The van der Waals surface area contributed by atoms with Crippen LogP contribution in [0.1, 0.15) is 5.56 Å². The lowest BCUT2D eigenvalue weighted by molar-refractivity contribution is -0.136. The Morgan fingerprint density at radius 3 is 2.43 bits per heavy atom. The fraction of sp³-hybridized carbons (Fsp3) is 0.0667. The predicted octanol–water partition coefficient (Wildman–Crippen LogP) is 4.72. The largest absolute Gasteiger partial charge is 0.418 e. The number of H-pyrrole nitrogens is 1. The van der Waals surface area contributed by atoms with Crippen LogP contribution in [0.3, 0.4) is 0 Å². The second kappa shape index (κ2) is 5.50. The van der Waals surface area contributed by atoms with Crippen molar-refractivity contribution in [3.63, 3.8) is 0 Å². The summed E-state index contributed by atoms with van der Waals surface area (Å²) in [4.78, 5) is 15.1. The van der Waals surface area contributed by atoms with Gasteiger partial charge < -0.3 is 4.98 Å². The fourth-order valence-electron chi connectivity index (χ4n) is 2.33. The number of rotatable bonds is 1. The van der Waals surface area contributed by atoms with E-state index in [1.54, 1.807) is 24.3 Å². The van der Waals surface area contributed by atoms with Gasteiger partial charge in [0.15, 0.2) is 4.77 Å². The first-order valence-electron chi connectivity index (χ1n) is 6.41. The monoisotopic (exact) mass is 356 g/mol. The molecule has 3 nitrogen and oxygen atoms in total. The molecule has 0 unspecified atom stereocenters. The Hall–Kier alpha value is -2.12. The summed E-state index contributed by atoms with van der Waals surface area (Å²) in [7, 11) is 0. The van der Waals surface area contributed by atoms with Gasteiger partial charge in [-0.2, -0.15) is 13.2 Å². The number of nitrogens with one attached hydrogen (secondary N) is 1. The van der Waals surface area contributed by atoms with Crippen molar-refractivity contribution in [2.75, 3.05) is 0 Å². The first kappa shape index (κ1) is 15.8. The summed E-state index contributed by atoms with van der Waals surface area (Å²) in [6.07, 6.45) is -4.60. The molecule has 0 saturated carbocycles. The third kappa shape index (κ3) is 2.66. The van der Waals surface area contributed by atoms with Crippen molar-refractivity contribution in [2.24, 2.45) is 0 Å². The van der Waals surface area contributed by atoms with Crippen LogP contribution in [0.25, 0.3) is 16.6 Å². The smallest absolute Gasteiger partial charge is 0.331 e. The standard InChI is InChI=1S/C15H8ClF3N2OS/c16-10-6-1-2-7-11(10)21-13(22)8-4-3-5-9(15(17,18)19)12(8)20-14(21)23/h1-7H,(H,20,23). The Balaban J connectivity index is 2.44. The third-order valence-electron chi connectivity index (χ3n) is 3.33. The zero-order chi connectivity index (χ0) is 16.8. The predicted molar refractivity (Wildman–Crippen MR) is 84.7 cm³/mol. The molecule has 0 aliphatic carbocycles. The Morgan fingerprint density at radius 2 is 1.78 bits per heavy atom. The van der Waals surface area contributed by atoms with E-state index >= 15 is 0 Å². The number of aromatic nitrogens is 2. The van der Waals surface area contributed by atoms with Crippen LogP contribution in [0, 0.1) is 4.77 Å². The molecule has 0 saturated heterocycles. The van der Waals surface area contributed by atoms with Crippen LogP contribution in [-0.2, 0) is 6.18 Å². The molecular formula is C15H8ClF3N2OS. The van der Waals surface area contributed by atoms with Gasteiger partial charge in [0.05, 0.1) is 27.2 Å². The van der Waals surface area contributed by atoms with Crippen molar-refractivity contribution < 1.29 is 13.2 Å². The van der Waals surface area contributed by atoms with E-state index in [4.69, 9.17) is 23.8 Å². The lowest BCUT2D eigenvalue weighted by atomic mass is 10.1. The Kier molecular flexibility index (Phi) is 3.77. The SMILES string of the molecule is O=c1c2cccc(C(F)(F)F)c2[nH]c(=S)n1-c1ccccc1Cl. The normalized spacial score (nSPS) is 11.8. The van der Waals surface area contributed by atoms with E-state index in [0.717, 1.165) is 10.6 Å². The van der Waals surface area contributed by atoms with E-state index in [9.17, 15) is 18.0 Å². The lowest BCUT2D eigenvalue weighted by Gasteiger charge is -2.13. The highest BCUT2D eigenvalue weighted by molar-refractivity contribution is 7.71. The molecule has 118 valence electrons. The molecule has 1 N–H and O–H groups in total. The zero-order valence-corrected chi connectivity index (χ0v) is 12.9. The van der Waals surface area contributed by atoms with Gasteiger partial charge in [0.2, 0.25) is 0 Å². The van der Waals surface area contributed by atoms with Gasteiger partial charge in [0, 0.05) is 0 Å². The number of alkyl halides is 3. The van der Waals surface area contributed by atoms with Crippen LogP contribution in [0.2, 0.25) is 5.02 Å². The highest BCUT2D eigenvalue weighted by atomic mass is 35.5. The zero-order valence-electron chi connectivity index (χ0n) is 11.3. The number of nitrogens with zero attached hydrogens (tertiary/aromatic N) is 1. The number of hydrogen-bond donors (Lipinski definition) is 1. The Bertz CT molecular complexity index is 1020. The molecule has 0 spiro atoms. The summed E-state index contributed by atoms with van der Waals surface area (Å²) in [5, 5.41) is 0.147. The van der Waals surface area contributed by atoms with E-state index in [0.29, 0.717) is 5.69 Å². The quantitative estimate of drug-likeness (QED) is 0.641. The van der Waals surface area contributed by atoms with E-state index < -0.39 is 17.3 Å². The van der Waals surface area contributed by atoms with Crippen LogP contribution in [0.5, 0.6) is 0 Å². The van der Waals surface area contributed by atoms with Gasteiger partial charge in [-0.05, 0) is 36.5 Å². The molecule has 3 rings (SSSR count). The van der Waals surface area contributed by atoms with E-state index in [-0.39, 0.29) is 20.7 Å². The second-order valence-corrected chi connectivity index (χ2v) is 5.54. The minimum atomic E-state index is -4.60. The van der Waals surface area contributed by atoms with Crippen molar-refractivity contribution in [3.05, 3.63) is 68.2 Å². The highest BCUT2D eigenvalue weighted by Gasteiger charge is 2.33. The maximum Gasteiger partial charge on any atom is 0.418 e. The maximum atomic E-state index is 13.1. The Labute approximate surface area is 138 Å². The second-order valence-electron chi connectivity index (χ2n) is 4.75. The number of hydrogen-bond acceptors (Lipinski definition) is 2. The summed E-state index contributed by atoms with van der Waals surface area (Å²) >= 11 is 11.1. The molecular weight excluding hydrogens is 349 g/mol. The number of aromatic amines is 1. The van der Waals surface area contributed by atoms with Crippen LogP contribution in [0.15, 0.2) is 47.3 Å². The van der Waals surface area contributed by atoms with Crippen molar-refractivity contribution in [1.29, 1.82) is 0 Å². The number of benzene rings is 2. The van der Waals surface area contributed by atoms with Crippen molar-refractivity contribution in [2.45, 2.75) is 6.18 Å². The van der Waals surface area contributed by atoms with E-state index in [1.807, 2.05) is 0 Å². The van der Waals surface area contributed by atoms with Gasteiger partial charge in [-0.3, -0.25) is 9.36 Å². The van der Waals surface area contributed by atoms with E-state index in [1.165, 1.54) is 12.1 Å². The fourth-order valence-corrected chi connectivity index (χ4v) is 2.83. The average molecular weight is 357 g/mol. The molecule has 3 aromatic rings. The minimum absolute atomic E-state index is 0.117. The molecule has 0 aliphatic heterocycles. The van der Waals surface area contributed by atoms with Gasteiger partial charge in [-0.1, -0.05) is 29.8 Å². The Morgan fingerprint density at radius 1 is 1.09 bits per heavy atom. The summed E-state index contributed by atoms with van der Waals surface area (Å²) in [6, 6.07) is 9.84. The molecule has 2 aromatic carbocycles. The topological polar surface area (TPSA) is 37.8 Å². The van der Waals surface area contributed by atoms with Gasteiger partial charge >= 0.3 is 6.18 Å². The molecule has 1 aromatic heterocycles. The molecule has 0 atom stereocenters. The molecule has 0 fully saturated rings. The van der Waals surface area contributed by atoms with Gasteiger partial charge in [-0.25, -0.2) is 0 Å². The van der Waals surface area contributed by atoms with Crippen molar-refractivity contribution >= 4 is 34.7 Å². The van der Waals surface area contributed by atoms with Crippen LogP contribution in [0.4, 0.5) is 13.2 Å².